The lowest BCUT2D eigenvalue weighted by molar-refractivity contribution is -0.113. The van der Waals surface area contributed by atoms with Crippen LogP contribution in [0.5, 0.6) is 5.75 Å². The number of halogens is 1. The van der Waals surface area contributed by atoms with Gasteiger partial charge in [0.25, 0.3) is 0 Å². The number of nitrogens with two attached hydrogens (primary N) is 1. The second-order valence-electron chi connectivity index (χ2n) is 2.92. The number of aromatic hydroxyl groups is 1. The summed E-state index contributed by atoms with van der Waals surface area (Å²) in [7, 11) is 0. The fraction of sp³-hybridized carbons (Fsp3) is 0.100. The third-order valence-electron chi connectivity index (χ3n) is 1.66. The van der Waals surface area contributed by atoms with Crippen molar-refractivity contribution in [1.29, 1.82) is 0 Å². The van der Waals surface area contributed by atoms with Gasteiger partial charge in [-0.25, -0.2) is 0 Å². The molecule has 0 spiro atoms. The zero-order valence-corrected chi connectivity index (χ0v) is 9.21. The Bertz CT molecular complexity index is 399. The van der Waals surface area contributed by atoms with Crippen LogP contribution in [0.15, 0.2) is 22.7 Å². The summed E-state index contributed by atoms with van der Waals surface area (Å²) in [4.78, 5) is 10.5. The van der Waals surface area contributed by atoms with Crippen molar-refractivity contribution in [3.05, 3.63) is 33.8 Å². The molecule has 0 unspecified atom stereocenters. The van der Waals surface area contributed by atoms with Gasteiger partial charge >= 0.3 is 0 Å². The van der Waals surface area contributed by atoms with E-state index in [4.69, 9.17) is 5.73 Å². The molecule has 4 heteroatoms. The maximum Gasteiger partial charge on any atom is 0.241 e. The number of primary amides is 1. The summed E-state index contributed by atoms with van der Waals surface area (Å²) in [6.07, 6.45) is 2.69. The average molecular weight is 256 g/mol. The molecule has 0 aliphatic rings. The van der Waals surface area contributed by atoms with Crippen molar-refractivity contribution in [1.82, 2.24) is 0 Å². The predicted octanol–water partition coefficient (Wildman–Crippen LogP) is 1.96. The highest BCUT2D eigenvalue weighted by Crippen LogP contribution is 2.29. The number of benzene rings is 1. The Morgan fingerprint density at radius 1 is 1.57 bits per heavy atom. The Balaban J connectivity index is 3.14. The Morgan fingerprint density at radius 2 is 2.21 bits per heavy atom. The number of amides is 1. The van der Waals surface area contributed by atoms with Crippen molar-refractivity contribution < 1.29 is 9.90 Å². The number of phenolic OH excluding ortho intramolecular Hbond substituents is 1. The molecular weight excluding hydrogens is 246 g/mol. The summed E-state index contributed by atoms with van der Waals surface area (Å²) in [6.45, 7) is 1.89. The minimum absolute atomic E-state index is 0.105. The summed E-state index contributed by atoms with van der Waals surface area (Å²) in [5, 5.41) is 9.58. The zero-order valence-electron chi connectivity index (χ0n) is 7.62. The molecule has 0 atom stereocenters. The van der Waals surface area contributed by atoms with Crippen LogP contribution in [0.25, 0.3) is 6.08 Å². The van der Waals surface area contributed by atoms with Gasteiger partial charge in [-0.2, -0.15) is 0 Å². The van der Waals surface area contributed by atoms with E-state index in [0.29, 0.717) is 10.0 Å². The molecule has 0 bridgehead atoms. The summed E-state index contributed by atoms with van der Waals surface area (Å²) in [5.74, 6) is -0.435. The third-order valence-corrected chi connectivity index (χ3v) is 2.27. The molecule has 3 nitrogen and oxygen atoms in total. The minimum atomic E-state index is -0.540. The molecular formula is C10H10BrNO2. The smallest absolute Gasteiger partial charge is 0.241 e. The highest BCUT2D eigenvalue weighted by Gasteiger charge is 2.03. The first-order valence-electron chi connectivity index (χ1n) is 3.97. The standard InChI is InChI=1S/C10H10BrNO2/c1-6-4-7(2-3-9(12)13)10(14)8(11)5-6/h2-5,14H,1H3,(H2,12,13)/b3-2-. The minimum Gasteiger partial charge on any atom is -0.506 e. The van der Waals surface area contributed by atoms with Gasteiger partial charge in [-0.1, -0.05) is 0 Å². The van der Waals surface area contributed by atoms with Gasteiger partial charge in [0.15, 0.2) is 0 Å². The second kappa shape index (κ2) is 4.28. The summed E-state index contributed by atoms with van der Waals surface area (Å²) in [5.41, 5.74) is 6.50. The molecule has 0 saturated heterocycles. The van der Waals surface area contributed by atoms with Crippen LogP contribution in [0.1, 0.15) is 11.1 Å². The van der Waals surface area contributed by atoms with Crippen LogP contribution in [0.4, 0.5) is 0 Å². The quantitative estimate of drug-likeness (QED) is 0.794. The van der Waals surface area contributed by atoms with E-state index >= 15 is 0 Å². The van der Waals surface area contributed by atoms with Crippen molar-refractivity contribution in [2.45, 2.75) is 6.92 Å². The Labute approximate surface area is 90.4 Å². The van der Waals surface area contributed by atoms with E-state index in [-0.39, 0.29) is 5.75 Å². The van der Waals surface area contributed by atoms with Crippen LogP contribution in [0.3, 0.4) is 0 Å². The number of aryl methyl sites for hydroxylation is 1. The van der Waals surface area contributed by atoms with E-state index < -0.39 is 5.91 Å². The topological polar surface area (TPSA) is 63.3 Å². The van der Waals surface area contributed by atoms with Gasteiger partial charge in [0, 0.05) is 11.6 Å². The first-order chi connectivity index (χ1) is 6.50. The van der Waals surface area contributed by atoms with Crippen molar-refractivity contribution in [3.8, 4) is 5.75 Å². The van der Waals surface area contributed by atoms with Crippen LogP contribution in [-0.4, -0.2) is 11.0 Å². The van der Waals surface area contributed by atoms with E-state index in [9.17, 15) is 9.90 Å². The van der Waals surface area contributed by atoms with Crippen molar-refractivity contribution in [2.75, 3.05) is 0 Å². The lowest BCUT2D eigenvalue weighted by Crippen LogP contribution is -2.05. The maximum atomic E-state index is 10.5. The highest BCUT2D eigenvalue weighted by molar-refractivity contribution is 9.10. The largest absolute Gasteiger partial charge is 0.506 e. The monoisotopic (exact) mass is 255 g/mol. The van der Waals surface area contributed by atoms with Crippen LogP contribution in [0.2, 0.25) is 0 Å². The molecule has 0 saturated carbocycles. The van der Waals surface area contributed by atoms with Crippen molar-refractivity contribution in [2.24, 2.45) is 5.73 Å². The third kappa shape index (κ3) is 2.60. The number of hydrogen-bond acceptors (Lipinski definition) is 2. The van der Waals surface area contributed by atoms with E-state index in [2.05, 4.69) is 15.9 Å². The molecule has 74 valence electrons. The first kappa shape index (κ1) is 10.8. The fourth-order valence-corrected chi connectivity index (χ4v) is 1.65. The van der Waals surface area contributed by atoms with E-state index in [1.165, 1.54) is 12.2 Å². The summed E-state index contributed by atoms with van der Waals surface area (Å²) in [6, 6.07) is 3.55. The van der Waals surface area contributed by atoms with Crippen LogP contribution in [0, 0.1) is 6.92 Å². The Kier molecular flexibility index (Phi) is 3.30. The normalized spacial score (nSPS) is 10.7. The Hall–Kier alpha value is -1.29. The molecule has 0 aromatic heterocycles. The molecule has 0 aliphatic carbocycles. The molecule has 1 amide bonds. The van der Waals surface area contributed by atoms with Gasteiger partial charge in [0.05, 0.1) is 4.47 Å². The first-order valence-corrected chi connectivity index (χ1v) is 4.76. The fourth-order valence-electron chi connectivity index (χ4n) is 1.06. The molecule has 0 aliphatic heterocycles. The maximum absolute atomic E-state index is 10.5. The van der Waals surface area contributed by atoms with Gasteiger partial charge in [0.2, 0.25) is 5.91 Å². The molecule has 3 N–H and O–H groups in total. The average Bonchev–Trinajstić information content (AvgIpc) is 2.08. The van der Waals surface area contributed by atoms with Gasteiger partial charge in [-0.05, 0) is 46.6 Å². The van der Waals surface area contributed by atoms with Gasteiger partial charge in [-0.15, -0.1) is 0 Å². The number of rotatable bonds is 2. The lowest BCUT2D eigenvalue weighted by atomic mass is 10.1. The molecule has 0 fully saturated rings. The molecule has 1 rings (SSSR count). The lowest BCUT2D eigenvalue weighted by Gasteiger charge is -2.03. The van der Waals surface area contributed by atoms with E-state index in [1.54, 1.807) is 12.1 Å². The van der Waals surface area contributed by atoms with E-state index in [1.807, 2.05) is 6.92 Å². The molecule has 1 aromatic carbocycles. The summed E-state index contributed by atoms with van der Waals surface area (Å²) < 4.78 is 0.599. The SMILES string of the molecule is Cc1cc(Br)c(O)c(/C=C\C(N)=O)c1. The number of hydrogen-bond donors (Lipinski definition) is 2. The van der Waals surface area contributed by atoms with Gasteiger partial charge in [-0.3, -0.25) is 4.79 Å². The van der Waals surface area contributed by atoms with Crippen molar-refractivity contribution in [3.63, 3.8) is 0 Å². The van der Waals surface area contributed by atoms with Gasteiger partial charge < -0.3 is 10.8 Å². The van der Waals surface area contributed by atoms with Crippen LogP contribution in [-0.2, 0) is 4.79 Å². The number of carbonyl (C=O) groups excluding carboxylic acids is 1. The van der Waals surface area contributed by atoms with Gasteiger partial charge in [0.1, 0.15) is 5.75 Å². The van der Waals surface area contributed by atoms with Crippen LogP contribution >= 0.6 is 15.9 Å². The second-order valence-corrected chi connectivity index (χ2v) is 3.77. The zero-order chi connectivity index (χ0) is 10.7. The molecule has 0 heterocycles. The molecule has 0 radical (unpaired) electrons. The predicted molar refractivity (Wildman–Crippen MR) is 58.8 cm³/mol. The van der Waals surface area contributed by atoms with Crippen LogP contribution < -0.4 is 5.73 Å². The molecule has 1 aromatic rings. The Morgan fingerprint density at radius 3 is 2.79 bits per heavy atom. The van der Waals surface area contributed by atoms with E-state index in [0.717, 1.165) is 5.56 Å². The van der Waals surface area contributed by atoms with Crippen molar-refractivity contribution >= 4 is 27.9 Å². The molecule has 14 heavy (non-hydrogen) atoms. The number of carbonyl (C=O) groups is 1. The number of phenols is 1. The summed E-state index contributed by atoms with van der Waals surface area (Å²) >= 11 is 3.20. The highest BCUT2D eigenvalue weighted by atomic mass is 79.9.